The molecule has 0 aliphatic heterocycles. The van der Waals surface area contributed by atoms with Gasteiger partial charge in [0.25, 0.3) is 0 Å². The van der Waals surface area contributed by atoms with E-state index < -0.39 is 0 Å². The second kappa shape index (κ2) is 5.92. The highest BCUT2D eigenvalue weighted by molar-refractivity contribution is 6.31. The Hall–Kier alpha value is -1.81. The van der Waals surface area contributed by atoms with E-state index in [0.29, 0.717) is 5.02 Å². The molecule has 0 aliphatic rings. The molecular formula is C11H5Cl2N3. The number of rotatable bonds is 2. The van der Waals surface area contributed by atoms with E-state index in [0.717, 1.165) is 5.56 Å². The first kappa shape index (κ1) is 12.3. The summed E-state index contributed by atoms with van der Waals surface area (Å²) in [6, 6.07) is 10.2. The summed E-state index contributed by atoms with van der Waals surface area (Å²) in [5.41, 5.74) is 0.560. The molecule has 0 atom stereocenters. The molecule has 0 fully saturated rings. The zero-order chi connectivity index (χ0) is 12.0. The van der Waals surface area contributed by atoms with Crippen LogP contribution in [0.2, 0.25) is 5.02 Å². The van der Waals surface area contributed by atoms with Crippen LogP contribution in [-0.4, -0.2) is 6.21 Å². The van der Waals surface area contributed by atoms with E-state index in [4.69, 9.17) is 33.7 Å². The van der Waals surface area contributed by atoms with Crippen LogP contribution in [-0.2, 0) is 0 Å². The van der Waals surface area contributed by atoms with E-state index in [1.807, 2.05) is 0 Å². The normalized spacial score (nSPS) is 9.50. The Morgan fingerprint density at radius 2 is 1.75 bits per heavy atom. The first-order valence-corrected chi connectivity index (χ1v) is 4.92. The maximum absolute atomic E-state index is 8.52. The van der Waals surface area contributed by atoms with Crippen LogP contribution in [0.25, 0.3) is 0 Å². The van der Waals surface area contributed by atoms with Gasteiger partial charge in [-0.05, 0) is 17.7 Å². The summed E-state index contributed by atoms with van der Waals surface area (Å²) in [7, 11) is 0. The fourth-order valence-electron chi connectivity index (χ4n) is 0.862. The maximum atomic E-state index is 8.52. The van der Waals surface area contributed by atoms with Gasteiger partial charge in [-0.2, -0.15) is 10.5 Å². The molecule has 0 saturated carbocycles. The van der Waals surface area contributed by atoms with E-state index >= 15 is 0 Å². The molecule has 0 aromatic heterocycles. The fraction of sp³-hybridized carbons (Fsp3) is 0. The van der Waals surface area contributed by atoms with Crippen LogP contribution in [0.3, 0.4) is 0 Å². The molecule has 0 aliphatic carbocycles. The Morgan fingerprint density at radius 3 is 2.25 bits per heavy atom. The zero-order valence-corrected chi connectivity index (χ0v) is 9.50. The third-order valence-corrected chi connectivity index (χ3v) is 2.17. The van der Waals surface area contributed by atoms with Crippen molar-refractivity contribution in [1.82, 2.24) is 0 Å². The highest BCUT2D eigenvalue weighted by atomic mass is 35.5. The fourth-order valence-corrected chi connectivity index (χ4v) is 1.12. The second-order valence-electron chi connectivity index (χ2n) is 2.70. The minimum atomic E-state index is -0.216. The number of benzene rings is 1. The van der Waals surface area contributed by atoms with Crippen LogP contribution < -0.4 is 0 Å². The summed E-state index contributed by atoms with van der Waals surface area (Å²) < 4.78 is 0. The lowest BCUT2D eigenvalue weighted by atomic mass is 10.2. The highest BCUT2D eigenvalue weighted by Crippen LogP contribution is 2.11. The molecule has 1 aromatic carbocycles. The molecule has 16 heavy (non-hydrogen) atoms. The number of nitriles is 2. The van der Waals surface area contributed by atoms with Gasteiger partial charge >= 0.3 is 0 Å². The van der Waals surface area contributed by atoms with E-state index in [2.05, 4.69) is 4.99 Å². The molecule has 1 rings (SSSR count). The van der Waals surface area contributed by atoms with Gasteiger partial charge < -0.3 is 0 Å². The monoisotopic (exact) mass is 249 g/mol. The molecule has 78 valence electrons. The van der Waals surface area contributed by atoms with Crippen molar-refractivity contribution < 1.29 is 0 Å². The lowest BCUT2D eigenvalue weighted by Crippen LogP contribution is -1.82. The average Bonchev–Trinajstić information content (AvgIpc) is 2.30. The second-order valence-corrected chi connectivity index (χ2v) is 3.49. The van der Waals surface area contributed by atoms with Crippen LogP contribution in [0, 0.1) is 22.7 Å². The number of aliphatic imine (C=N–C) groups is 1. The van der Waals surface area contributed by atoms with Crippen LogP contribution in [0.4, 0.5) is 0 Å². The van der Waals surface area contributed by atoms with Crippen LogP contribution in [0.15, 0.2) is 40.0 Å². The summed E-state index contributed by atoms with van der Waals surface area (Å²) in [5, 5.41) is 17.5. The van der Waals surface area contributed by atoms with Gasteiger partial charge in [0, 0.05) is 11.2 Å². The smallest absolute Gasteiger partial charge is 0.166 e. The minimum Gasteiger partial charge on any atom is -0.242 e. The predicted octanol–water partition coefficient (Wildman–Crippen LogP) is 3.26. The van der Waals surface area contributed by atoms with Crippen molar-refractivity contribution >= 4 is 29.4 Å². The molecule has 3 nitrogen and oxygen atoms in total. The molecule has 1 aromatic rings. The van der Waals surface area contributed by atoms with Crippen LogP contribution in [0.5, 0.6) is 0 Å². The Bertz CT molecular complexity index is 500. The SMILES string of the molecule is N#CC(C#N)=C(Cl)/N=C/c1ccc(Cl)cc1. The summed E-state index contributed by atoms with van der Waals surface area (Å²) in [6.45, 7) is 0. The van der Waals surface area contributed by atoms with E-state index in [1.54, 1.807) is 36.4 Å². The lowest BCUT2D eigenvalue weighted by Gasteiger charge is -1.93. The largest absolute Gasteiger partial charge is 0.242 e. The molecular weight excluding hydrogens is 245 g/mol. The first-order chi connectivity index (χ1) is 7.67. The summed E-state index contributed by atoms with van der Waals surface area (Å²) >= 11 is 11.3. The topological polar surface area (TPSA) is 59.9 Å². The molecule has 0 amide bonds. The van der Waals surface area contributed by atoms with E-state index in [-0.39, 0.29) is 10.7 Å². The van der Waals surface area contributed by atoms with Crippen LogP contribution in [0.1, 0.15) is 5.56 Å². The third-order valence-electron chi connectivity index (χ3n) is 1.63. The molecule has 0 heterocycles. The third kappa shape index (κ3) is 3.40. The van der Waals surface area contributed by atoms with Gasteiger partial charge in [0.05, 0.1) is 0 Å². The zero-order valence-electron chi connectivity index (χ0n) is 7.98. The molecule has 0 spiro atoms. The molecule has 0 unspecified atom stereocenters. The van der Waals surface area contributed by atoms with Crippen molar-refractivity contribution in [2.24, 2.45) is 4.99 Å². The highest BCUT2D eigenvalue weighted by Gasteiger charge is 1.99. The van der Waals surface area contributed by atoms with Crippen molar-refractivity contribution in [2.75, 3.05) is 0 Å². The summed E-state index contributed by atoms with van der Waals surface area (Å²) in [6.07, 6.45) is 1.45. The molecule has 0 N–H and O–H groups in total. The van der Waals surface area contributed by atoms with Crippen LogP contribution >= 0.6 is 23.2 Å². The van der Waals surface area contributed by atoms with Gasteiger partial charge in [-0.25, -0.2) is 4.99 Å². The standard InChI is InChI=1S/C11H5Cl2N3/c12-10-3-1-8(2-4-10)7-16-11(13)9(5-14)6-15/h1-4,7H/b16-7+. The number of allylic oxidation sites excluding steroid dienone is 1. The Labute approximate surface area is 103 Å². The molecule has 0 radical (unpaired) electrons. The first-order valence-electron chi connectivity index (χ1n) is 4.17. The van der Waals surface area contributed by atoms with Gasteiger partial charge in [0.1, 0.15) is 12.1 Å². The number of hydrogen-bond acceptors (Lipinski definition) is 3. The minimum absolute atomic E-state index is 0.125. The lowest BCUT2D eigenvalue weighted by molar-refractivity contribution is 1.41. The average molecular weight is 250 g/mol. The van der Waals surface area contributed by atoms with Crippen molar-refractivity contribution in [1.29, 1.82) is 10.5 Å². The maximum Gasteiger partial charge on any atom is 0.166 e. The van der Waals surface area contributed by atoms with Gasteiger partial charge in [-0.1, -0.05) is 35.3 Å². The van der Waals surface area contributed by atoms with Gasteiger partial charge in [0.15, 0.2) is 10.7 Å². The van der Waals surface area contributed by atoms with E-state index in [1.165, 1.54) is 6.21 Å². The summed E-state index contributed by atoms with van der Waals surface area (Å²) in [5.74, 6) is 0. The van der Waals surface area contributed by atoms with Crippen molar-refractivity contribution in [3.8, 4) is 12.1 Å². The number of nitrogens with zero attached hydrogens (tertiary/aromatic N) is 3. The summed E-state index contributed by atoms with van der Waals surface area (Å²) in [4.78, 5) is 3.80. The molecule has 0 bridgehead atoms. The van der Waals surface area contributed by atoms with E-state index in [9.17, 15) is 0 Å². The molecule has 0 saturated heterocycles. The Morgan fingerprint density at radius 1 is 1.19 bits per heavy atom. The molecule has 5 heteroatoms. The van der Waals surface area contributed by atoms with Gasteiger partial charge in [-0.3, -0.25) is 0 Å². The predicted molar refractivity (Wildman–Crippen MR) is 63.2 cm³/mol. The Balaban J connectivity index is 2.91. The number of halogens is 2. The van der Waals surface area contributed by atoms with Gasteiger partial charge in [-0.15, -0.1) is 0 Å². The number of hydrogen-bond donors (Lipinski definition) is 0. The van der Waals surface area contributed by atoms with Crippen molar-refractivity contribution in [2.45, 2.75) is 0 Å². The Kier molecular flexibility index (Phi) is 4.54. The van der Waals surface area contributed by atoms with Gasteiger partial charge in [0.2, 0.25) is 0 Å². The van der Waals surface area contributed by atoms with Crippen molar-refractivity contribution in [3.05, 3.63) is 45.6 Å². The quantitative estimate of drug-likeness (QED) is 0.459. The van der Waals surface area contributed by atoms with Crippen molar-refractivity contribution in [3.63, 3.8) is 0 Å².